The van der Waals surface area contributed by atoms with Crippen molar-refractivity contribution in [3.05, 3.63) is 65.8 Å². The number of carbonyl (C=O) groups is 2. The third-order valence-corrected chi connectivity index (χ3v) is 5.00. The van der Waals surface area contributed by atoms with E-state index in [0.717, 1.165) is 11.5 Å². The van der Waals surface area contributed by atoms with Crippen LogP contribution >= 0.6 is 0 Å². The quantitative estimate of drug-likeness (QED) is 0.752. The smallest absolute Gasteiger partial charge is 0.270 e. The van der Waals surface area contributed by atoms with Crippen molar-refractivity contribution in [1.82, 2.24) is 28.9 Å². The first-order valence-corrected chi connectivity index (χ1v) is 8.88. The summed E-state index contributed by atoms with van der Waals surface area (Å²) < 4.78 is 5.70. The third-order valence-electron chi connectivity index (χ3n) is 5.00. The molecular formula is C19H22N6O2. The van der Waals surface area contributed by atoms with Crippen LogP contribution in [0.2, 0.25) is 0 Å². The van der Waals surface area contributed by atoms with Gasteiger partial charge in [-0.05, 0) is 24.3 Å². The zero-order chi connectivity index (χ0) is 19.0. The maximum atomic E-state index is 12.7. The van der Waals surface area contributed by atoms with Gasteiger partial charge in [0.15, 0.2) is 0 Å². The van der Waals surface area contributed by atoms with Crippen molar-refractivity contribution in [1.29, 1.82) is 0 Å². The first-order chi connectivity index (χ1) is 13.0. The number of aromatic nitrogens is 4. The predicted molar refractivity (Wildman–Crippen MR) is 99.0 cm³/mol. The van der Waals surface area contributed by atoms with Crippen LogP contribution in [0.4, 0.5) is 0 Å². The zero-order valence-corrected chi connectivity index (χ0v) is 15.4. The number of hydrogen-bond acceptors (Lipinski definition) is 3. The summed E-state index contributed by atoms with van der Waals surface area (Å²) in [6.07, 6.45) is 5.48. The van der Waals surface area contributed by atoms with E-state index in [1.807, 2.05) is 54.2 Å². The molecule has 0 aromatic carbocycles. The average molecular weight is 366 g/mol. The Morgan fingerprint density at radius 1 is 1.07 bits per heavy atom. The molecule has 8 nitrogen and oxygen atoms in total. The van der Waals surface area contributed by atoms with E-state index >= 15 is 0 Å². The summed E-state index contributed by atoms with van der Waals surface area (Å²) in [6, 6.07) is 7.32. The molecule has 4 heterocycles. The largest absolute Gasteiger partial charge is 0.347 e. The lowest BCUT2D eigenvalue weighted by molar-refractivity contribution is 0.0696. The molecule has 1 aliphatic rings. The number of amides is 2. The highest BCUT2D eigenvalue weighted by Crippen LogP contribution is 2.17. The van der Waals surface area contributed by atoms with Crippen LogP contribution < -0.4 is 5.32 Å². The second-order valence-electron chi connectivity index (χ2n) is 6.74. The number of hydrogen-bond donors (Lipinski definition) is 1. The Hall–Kier alpha value is -3.29. The Labute approximate surface area is 157 Å². The molecule has 0 atom stereocenters. The van der Waals surface area contributed by atoms with Crippen LogP contribution in [0.25, 0.3) is 0 Å². The van der Waals surface area contributed by atoms with Gasteiger partial charge in [0.05, 0.1) is 25.0 Å². The molecule has 3 aromatic heterocycles. The van der Waals surface area contributed by atoms with Gasteiger partial charge in [0.2, 0.25) is 0 Å². The van der Waals surface area contributed by atoms with Crippen LogP contribution in [0.1, 0.15) is 32.5 Å². The molecule has 0 radical (unpaired) electrons. The fourth-order valence-corrected chi connectivity index (χ4v) is 3.44. The maximum Gasteiger partial charge on any atom is 0.270 e. The monoisotopic (exact) mass is 366 g/mol. The van der Waals surface area contributed by atoms with Crippen molar-refractivity contribution in [2.75, 3.05) is 6.54 Å². The lowest BCUT2D eigenvalue weighted by Crippen LogP contribution is -2.39. The summed E-state index contributed by atoms with van der Waals surface area (Å²) in [7, 11) is 3.71. The number of aryl methyl sites for hydroxylation is 2. The molecule has 0 fully saturated rings. The van der Waals surface area contributed by atoms with Crippen LogP contribution in [0.3, 0.4) is 0 Å². The van der Waals surface area contributed by atoms with E-state index in [9.17, 15) is 9.59 Å². The summed E-state index contributed by atoms with van der Waals surface area (Å²) in [5.41, 5.74) is 2.23. The number of fused-ring (bicyclic) bond motifs is 1. The van der Waals surface area contributed by atoms with Crippen molar-refractivity contribution in [2.24, 2.45) is 14.1 Å². The Balaban J connectivity index is 1.43. The fourth-order valence-electron chi connectivity index (χ4n) is 3.44. The molecule has 0 saturated carbocycles. The van der Waals surface area contributed by atoms with Crippen molar-refractivity contribution >= 4 is 11.8 Å². The van der Waals surface area contributed by atoms with Gasteiger partial charge in [-0.2, -0.15) is 0 Å². The molecule has 2 amide bonds. The summed E-state index contributed by atoms with van der Waals surface area (Å²) in [5.74, 6) is 0.733. The minimum absolute atomic E-state index is 0.00955. The Morgan fingerprint density at radius 2 is 1.78 bits per heavy atom. The fraction of sp³-hybridized carbons (Fsp3) is 0.316. The zero-order valence-electron chi connectivity index (χ0n) is 15.4. The first kappa shape index (κ1) is 17.1. The van der Waals surface area contributed by atoms with Crippen LogP contribution in [0, 0.1) is 0 Å². The van der Waals surface area contributed by atoms with E-state index in [1.54, 1.807) is 16.8 Å². The van der Waals surface area contributed by atoms with Gasteiger partial charge in [0, 0.05) is 39.6 Å². The van der Waals surface area contributed by atoms with E-state index in [-0.39, 0.29) is 11.8 Å². The minimum atomic E-state index is -0.116. The lowest BCUT2D eigenvalue weighted by Gasteiger charge is -2.28. The molecule has 0 spiro atoms. The number of carbonyl (C=O) groups excluding carboxylic acids is 2. The summed E-state index contributed by atoms with van der Waals surface area (Å²) in [4.78, 5) is 31.2. The summed E-state index contributed by atoms with van der Waals surface area (Å²) in [6.45, 7) is 2.16. The molecule has 0 unspecified atom stereocenters. The van der Waals surface area contributed by atoms with Crippen LogP contribution in [0.5, 0.6) is 0 Å². The predicted octanol–water partition coefficient (Wildman–Crippen LogP) is 1.15. The number of nitrogens with one attached hydrogen (secondary N) is 1. The third kappa shape index (κ3) is 3.14. The minimum Gasteiger partial charge on any atom is -0.347 e. The van der Waals surface area contributed by atoms with E-state index < -0.39 is 0 Å². The van der Waals surface area contributed by atoms with Gasteiger partial charge in [-0.25, -0.2) is 4.98 Å². The molecule has 8 heteroatoms. The second-order valence-corrected chi connectivity index (χ2v) is 6.74. The van der Waals surface area contributed by atoms with Gasteiger partial charge in [-0.3, -0.25) is 9.59 Å². The molecule has 140 valence electrons. The van der Waals surface area contributed by atoms with E-state index in [0.29, 0.717) is 37.6 Å². The van der Waals surface area contributed by atoms with Crippen LogP contribution in [-0.2, 0) is 33.7 Å². The van der Waals surface area contributed by atoms with Gasteiger partial charge in [0.25, 0.3) is 11.8 Å². The van der Waals surface area contributed by atoms with E-state index in [2.05, 4.69) is 14.9 Å². The second kappa shape index (κ2) is 6.79. The van der Waals surface area contributed by atoms with Crippen LogP contribution in [0.15, 0.2) is 42.9 Å². The molecule has 1 aliphatic heterocycles. The van der Waals surface area contributed by atoms with Crippen molar-refractivity contribution < 1.29 is 9.59 Å². The topological polar surface area (TPSA) is 77.1 Å². The Kier molecular flexibility index (Phi) is 4.31. The van der Waals surface area contributed by atoms with Gasteiger partial charge in [0.1, 0.15) is 17.2 Å². The van der Waals surface area contributed by atoms with Gasteiger partial charge >= 0.3 is 0 Å². The highest BCUT2D eigenvalue weighted by atomic mass is 16.2. The molecule has 0 saturated heterocycles. The number of imidazole rings is 1. The Morgan fingerprint density at radius 3 is 2.44 bits per heavy atom. The van der Waals surface area contributed by atoms with Gasteiger partial charge < -0.3 is 23.9 Å². The number of rotatable bonds is 4. The van der Waals surface area contributed by atoms with Gasteiger partial charge in [-0.1, -0.05) is 0 Å². The van der Waals surface area contributed by atoms with Crippen molar-refractivity contribution in [3.8, 4) is 0 Å². The normalized spacial score (nSPS) is 13.5. The molecular weight excluding hydrogens is 344 g/mol. The standard InChI is InChI=1S/C19H22N6O2/c1-22-7-3-5-15(22)18(26)21-12-14-11-20-17-13-24(9-10-25(14)17)19(27)16-6-4-8-23(16)2/h3-8,11H,9-10,12-13H2,1-2H3,(H,21,26). The van der Waals surface area contributed by atoms with Crippen LogP contribution in [-0.4, -0.2) is 41.9 Å². The highest BCUT2D eigenvalue weighted by molar-refractivity contribution is 5.93. The lowest BCUT2D eigenvalue weighted by atomic mass is 10.3. The molecule has 3 aromatic rings. The molecule has 27 heavy (non-hydrogen) atoms. The molecule has 1 N–H and O–H groups in total. The summed E-state index contributed by atoms with van der Waals surface area (Å²) >= 11 is 0. The average Bonchev–Trinajstić information content (AvgIpc) is 3.38. The first-order valence-electron chi connectivity index (χ1n) is 8.88. The molecule has 0 aliphatic carbocycles. The highest BCUT2D eigenvalue weighted by Gasteiger charge is 2.25. The Bertz CT molecular complexity index is 982. The SMILES string of the molecule is Cn1cccc1C(=O)NCc1cnc2n1CCN(C(=O)c1cccn1C)C2. The molecule has 4 rings (SSSR count). The van der Waals surface area contributed by atoms with Crippen molar-refractivity contribution in [2.45, 2.75) is 19.6 Å². The van der Waals surface area contributed by atoms with E-state index in [4.69, 9.17) is 0 Å². The van der Waals surface area contributed by atoms with E-state index in [1.165, 1.54) is 0 Å². The molecule has 0 bridgehead atoms. The number of nitrogens with zero attached hydrogens (tertiary/aromatic N) is 5. The summed E-state index contributed by atoms with van der Waals surface area (Å²) in [5, 5.41) is 2.94. The maximum absolute atomic E-state index is 12.7. The van der Waals surface area contributed by atoms with Crippen molar-refractivity contribution in [3.63, 3.8) is 0 Å². The van der Waals surface area contributed by atoms with Gasteiger partial charge in [-0.15, -0.1) is 0 Å².